The number of halogens is 2. The van der Waals surface area contributed by atoms with Crippen LogP contribution in [0.3, 0.4) is 0 Å². The molecule has 4 nitrogen and oxygen atoms in total. The fraction of sp³-hybridized carbons (Fsp3) is 0.429. The van der Waals surface area contributed by atoms with Gasteiger partial charge in [0.15, 0.2) is 0 Å². The molecule has 1 atom stereocenters. The van der Waals surface area contributed by atoms with Gasteiger partial charge in [0.2, 0.25) is 0 Å². The Hall–Kier alpha value is -1.46. The predicted octanol–water partition coefficient (Wildman–Crippen LogP) is 4.41. The zero-order valence-corrected chi connectivity index (χ0v) is 17.1. The van der Waals surface area contributed by atoms with Gasteiger partial charge in [-0.2, -0.15) is 0 Å². The van der Waals surface area contributed by atoms with Crippen molar-refractivity contribution in [1.29, 1.82) is 0 Å². The molecule has 0 fully saturated rings. The molecular formula is C21H26Cl2O4. The smallest absolute Gasteiger partial charge is 0.137 e. The molecule has 2 aromatic carbocycles. The van der Waals surface area contributed by atoms with E-state index in [2.05, 4.69) is 13.8 Å². The zero-order chi connectivity index (χ0) is 19.9. The van der Waals surface area contributed by atoms with E-state index >= 15 is 0 Å². The fourth-order valence-electron chi connectivity index (χ4n) is 2.62. The van der Waals surface area contributed by atoms with Crippen molar-refractivity contribution < 1.29 is 19.7 Å². The molecule has 2 rings (SSSR count). The van der Waals surface area contributed by atoms with Crippen LogP contribution < -0.4 is 9.47 Å². The van der Waals surface area contributed by atoms with Crippen LogP contribution in [0, 0.1) is 0 Å². The molecule has 0 aliphatic rings. The first kappa shape index (κ1) is 21.8. The van der Waals surface area contributed by atoms with Crippen LogP contribution in [-0.2, 0) is 5.41 Å². The number of alkyl halides is 1. The SMILES string of the molecule is CC(C)(c1ccc(OCC(O)CO)cc1)c1ccc(OCCCCl)c(Cl)c1. The van der Waals surface area contributed by atoms with Crippen LogP contribution in [0.15, 0.2) is 42.5 Å². The molecule has 1 unspecified atom stereocenters. The van der Waals surface area contributed by atoms with Gasteiger partial charge in [0, 0.05) is 11.3 Å². The molecule has 2 N–H and O–H groups in total. The molecule has 0 heterocycles. The third-order valence-electron chi connectivity index (χ3n) is 4.42. The zero-order valence-electron chi connectivity index (χ0n) is 15.6. The van der Waals surface area contributed by atoms with Crippen molar-refractivity contribution in [1.82, 2.24) is 0 Å². The summed E-state index contributed by atoms with van der Waals surface area (Å²) in [4.78, 5) is 0. The maximum absolute atomic E-state index is 9.36. The van der Waals surface area contributed by atoms with Crippen molar-refractivity contribution in [2.45, 2.75) is 31.8 Å². The van der Waals surface area contributed by atoms with Gasteiger partial charge in [-0.3, -0.25) is 0 Å². The van der Waals surface area contributed by atoms with E-state index in [1.807, 2.05) is 42.5 Å². The number of hydrogen-bond donors (Lipinski definition) is 2. The van der Waals surface area contributed by atoms with Gasteiger partial charge in [0.05, 0.1) is 18.2 Å². The van der Waals surface area contributed by atoms with E-state index in [-0.39, 0.29) is 18.6 Å². The monoisotopic (exact) mass is 412 g/mol. The summed E-state index contributed by atoms with van der Waals surface area (Å²) in [6, 6.07) is 13.5. The highest BCUT2D eigenvalue weighted by molar-refractivity contribution is 6.32. The molecule has 0 spiro atoms. The maximum atomic E-state index is 9.36. The maximum Gasteiger partial charge on any atom is 0.137 e. The largest absolute Gasteiger partial charge is 0.492 e. The lowest BCUT2D eigenvalue weighted by Gasteiger charge is -2.27. The van der Waals surface area contributed by atoms with E-state index < -0.39 is 6.10 Å². The minimum atomic E-state index is -0.881. The van der Waals surface area contributed by atoms with Crippen molar-refractivity contribution in [3.63, 3.8) is 0 Å². The third-order valence-corrected chi connectivity index (χ3v) is 4.98. The second kappa shape index (κ2) is 10.2. The molecular weight excluding hydrogens is 387 g/mol. The first-order chi connectivity index (χ1) is 12.9. The van der Waals surface area contributed by atoms with Crippen LogP contribution in [0.1, 0.15) is 31.4 Å². The van der Waals surface area contributed by atoms with Gasteiger partial charge >= 0.3 is 0 Å². The topological polar surface area (TPSA) is 58.9 Å². The lowest BCUT2D eigenvalue weighted by atomic mass is 9.78. The summed E-state index contributed by atoms with van der Waals surface area (Å²) in [6.45, 7) is 4.52. The van der Waals surface area contributed by atoms with Crippen LogP contribution in [0.4, 0.5) is 0 Å². The molecule has 27 heavy (non-hydrogen) atoms. The van der Waals surface area contributed by atoms with Gasteiger partial charge < -0.3 is 19.7 Å². The Morgan fingerprint density at radius 2 is 1.70 bits per heavy atom. The first-order valence-electron chi connectivity index (χ1n) is 8.89. The summed E-state index contributed by atoms with van der Waals surface area (Å²) in [5, 5.41) is 18.8. The number of rotatable bonds is 10. The number of aliphatic hydroxyl groups excluding tert-OH is 2. The minimum absolute atomic E-state index is 0.0556. The highest BCUT2D eigenvalue weighted by Gasteiger charge is 2.24. The molecule has 0 bridgehead atoms. The Labute approximate surface area is 170 Å². The predicted molar refractivity (Wildman–Crippen MR) is 109 cm³/mol. The van der Waals surface area contributed by atoms with E-state index in [1.165, 1.54) is 0 Å². The fourth-order valence-corrected chi connectivity index (χ4v) is 2.97. The average molecular weight is 413 g/mol. The van der Waals surface area contributed by atoms with Gasteiger partial charge in [0.25, 0.3) is 0 Å². The number of benzene rings is 2. The van der Waals surface area contributed by atoms with Crippen LogP contribution in [-0.4, -0.2) is 42.0 Å². The standard InChI is InChI=1S/C21H26Cl2O4/c1-21(2,15-4-7-18(8-5-15)27-14-17(25)13-24)16-6-9-20(19(23)12-16)26-11-3-10-22/h4-9,12,17,24-25H,3,10-11,13-14H2,1-2H3. The molecule has 148 valence electrons. The molecule has 0 saturated carbocycles. The van der Waals surface area contributed by atoms with Gasteiger partial charge in [0.1, 0.15) is 24.2 Å². The molecule has 0 radical (unpaired) electrons. The van der Waals surface area contributed by atoms with Crippen molar-refractivity contribution in [3.05, 3.63) is 58.6 Å². The molecule has 0 saturated heterocycles. The van der Waals surface area contributed by atoms with Crippen molar-refractivity contribution >= 4 is 23.2 Å². The Kier molecular flexibility index (Phi) is 8.24. The van der Waals surface area contributed by atoms with Gasteiger partial charge in [-0.05, 0) is 41.8 Å². The Bertz CT molecular complexity index is 717. The second-order valence-corrected chi connectivity index (χ2v) is 7.62. The number of aliphatic hydroxyl groups is 2. The lowest BCUT2D eigenvalue weighted by Crippen LogP contribution is -2.21. The Balaban J connectivity index is 2.11. The summed E-state index contributed by atoms with van der Waals surface area (Å²) in [7, 11) is 0. The third kappa shape index (κ3) is 6.01. The molecule has 0 aromatic heterocycles. The molecule has 6 heteroatoms. The lowest BCUT2D eigenvalue weighted by molar-refractivity contribution is 0.0536. The van der Waals surface area contributed by atoms with E-state index in [0.717, 1.165) is 17.5 Å². The number of hydrogen-bond acceptors (Lipinski definition) is 4. The van der Waals surface area contributed by atoms with Crippen molar-refractivity contribution in [2.24, 2.45) is 0 Å². The van der Waals surface area contributed by atoms with Crippen molar-refractivity contribution in [2.75, 3.05) is 25.7 Å². The van der Waals surface area contributed by atoms with E-state index in [1.54, 1.807) is 0 Å². The first-order valence-corrected chi connectivity index (χ1v) is 9.80. The van der Waals surface area contributed by atoms with Crippen LogP contribution in [0.2, 0.25) is 5.02 Å². The highest BCUT2D eigenvalue weighted by atomic mass is 35.5. The summed E-state index contributed by atoms with van der Waals surface area (Å²) >= 11 is 12.1. The van der Waals surface area contributed by atoms with Gasteiger partial charge in [-0.25, -0.2) is 0 Å². The highest BCUT2D eigenvalue weighted by Crippen LogP contribution is 2.36. The second-order valence-electron chi connectivity index (χ2n) is 6.83. The summed E-state index contributed by atoms with van der Waals surface area (Å²) < 4.78 is 11.1. The summed E-state index contributed by atoms with van der Waals surface area (Å²) in [6.07, 6.45) is -0.108. The average Bonchev–Trinajstić information content (AvgIpc) is 2.67. The summed E-state index contributed by atoms with van der Waals surface area (Å²) in [5.74, 6) is 1.86. The van der Waals surface area contributed by atoms with Gasteiger partial charge in [-0.1, -0.05) is 43.6 Å². The van der Waals surface area contributed by atoms with E-state index in [9.17, 15) is 5.11 Å². The molecule has 2 aromatic rings. The van der Waals surface area contributed by atoms with Crippen LogP contribution in [0.25, 0.3) is 0 Å². The summed E-state index contributed by atoms with van der Waals surface area (Å²) in [5.41, 5.74) is 1.91. The quantitative estimate of drug-likeness (QED) is 0.448. The van der Waals surface area contributed by atoms with Crippen LogP contribution >= 0.6 is 23.2 Å². The molecule has 0 aliphatic carbocycles. The Morgan fingerprint density at radius 1 is 1.04 bits per heavy atom. The van der Waals surface area contributed by atoms with E-state index in [0.29, 0.717) is 29.0 Å². The normalized spacial score (nSPS) is 12.7. The molecule has 0 amide bonds. The van der Waals surface area contributed by atoms with E-state index in [4.69, 9.17) is 37.8 Å². The number of ether oxygens (including phenoxy) is 2. The Morgan fingerprint density at radius 3 is 2.30 bits per heavy atom. The molecule has 0 aliphatic heterocycles. The van der Waals surface area contributed by atoms with Crippen LogP contribution in [0.5, 0.6) is 11.5 Å². The minimum Gasteiger partial charge on any atom is -0.492 e. The van der Waals surface area contributed by atoms with Gasteiger partial charge in [-0.15, -0.1) is 11.6 Å². The van der Waals surface area contributed by atoms with Crippen molar-refractivity contribution in [3.8, 4) is 11.5 Å².